The first kappa shape index (κ1) is 9.01. The molecule has 0 aromatic rings. The van der Waals surface area contributed by atoms with Crippen molar-refractivity contribution >= 4 is 0 Å². The van der Waals surface area contributed by atoms with Crippen molar-refractivity contribution in [1.29, 1.82) is 0 Å². The van der Waals surface area contributed by atoms with Crippen LogP contribution in [0.3, 0.4) is 0 Å². The van der Waals surface area contributed by atoms with Gasteiger partial charge < -0.3 is 9.47 Å². The van der Waals surface area contributed by atoms with Crippen molar-refractivity contribution in [2.45, 2.75) is 44.3 Å². The number of hydrogen-bond donors (Lipinski definition) is 0. The fraction of sp³-hybridized carbons (Fsp3) is 1.00. The summed E-state index contributed by atoms with van der Waals surface area (Å²) in [5, 5.41) is 0. The number of rotatable bonds is 2. The Morgan fingerprint density at radius 3 is 1.64 bits per heavy atom. The van der Waals surface area contributed by atoms with Gasteiger partial charge in [-0.3, -0.25) is 0 Å². The summed E-state index contributed by atoms with van der Waals surface area (Å²) in [4.78, 5) is 0. The molecule has 0 unspecified atom stereocenters. The summed E-state index contributed by atoms with van der Waals surface area (Å²) < 4.78 is 10.6. The van der Waals surface area contributed by atoms with Gasteiger partial charge in [0.25, 0.3) is 0 Å². The van der Waals surface area contributed by atoms with Crippen LogP contribution in [0.4, 0.5) is 0 Å². The molecule has 0 saturated heterocycles. The van der Waals surface area contributed by atoms with E-state index in [2.05, 4.69) is 0 Å². The van der Waals surface area contributed by atoms with Gasteiger partial charge in [0.1, 0.15) is 0 Å². The fourth-order valence-electron chi connectivity index (χ4n) is 1.71. The van der Waals surface area contributed by atoms with Crippen molar-refractivity contribution in [1.82, 2.24) is 0 Å². The van der Waals surface area contributed by atoms with Gasteiger partial charge in [-0.2, -0.15) is 0 Å². The number of hydrogen-bond acceptors (Lipinski definition) is 2. The number of ether oxygens (including phenoxy) is 2. The lowest BCUT2D eigenvalue weighted by atomic mass is 10.1. The highest BCUT2D eigenvalue weighted by Gasteiger charge is 2.17. The van der Waals surface area contributed by atoms with Gasteiger partial charge in [0.15, 0.2) is 0 Å². The van der Waals surface area contributed by atoms with Gasteiger partial charge in [-0.1, -0.05) is 0 Å². The van der Waals surface area contributed by atoms with Crippen molar-refractivity contribution in [2.75, 3.05) is 14.2 Å². The first-order chi connectivity index (χ1) is 5.36. The molecule has 2 nitrogen and oxygen atoms in total. The van der Waals surface area contributed by atoms with Crippen LogP contribution in [0.5, 0.6) is 0 Å². The Labute approximate surface area is 68.9 Å². The topological polar surface area (TPSA) is 18.5 Å². The summed E-state index contributed by atoms with van der Waals surface area (Å²) in [6.45, 7) is 0. The SMILES string of the molecule is CO[C@@H]1CCC[C@H](OC)CC1. The zero-order chi connectivity index (χ0) is 8.10. The number of methoxy groups -OCH3 is 2. The minimum Gasteiger partial charge on any atom is -0.381 e. The van der Waals surface area contributed by atoms with Gasteiger partial charge in [0.2, 0.25) is 0 Å². The molecule has 1 rings (SSSR count). The molecule has 1 aliphatic rings. The van der Waals surface area contributed by atoms with Crippen molar-refractivity contribution in [3.8, 4) is 0 Å². The minimum atomic E-state index is 0.482. The second-order valence-corrected chi connectivity index (χ2v) is 3.22. The third kappa shape index (κ3) is 2.80. The molecule has 0 spiro atoms. The first-order valence-electron chi connectivity index (χ1n) is 4.42. The van der Waals surface area contributed by atoms with Gasteiger partial charge in [0, 0.05) is 14.2 Å². The Bertz CT molecular complexity index is 91.7. The molecule has 0 aliphatic heterocycles. The maximum atomic E-state index is 5.31. The van der Waals surface area contributed by atoms with E-state index in [1.807, 2.05) is 0 Å². The van der Waals surface area contributed by atoms with Crippen LogP contribution in [0.25, 0.3) is 0 Å². The van der Waals surface area contributed by atoms with E-state index in [0.717, 1.165) is 12.8 Å². The van der Waals surface area contributed by atoms with Gasteiger partial charge >= 0.3 is 0 Å². The lowest BCUT2D eigenvalue weighted by Crippen LogP contribution is -2.11. The molecule has 1 fully saturated rings. The Kier molecular flexibility index (Phi) is 3.87. The van der Waals surface area contributed by atoms with Crippen LogP contribution in [0.2, 0.25) is 0 Å². The van der Waals surface area contributed by atoms with Gasteiger partial charge in [0.05, 0.1) is 12.2 Å². The molecule has 0 amide bonds. The minimum absolute atomic E-state index is 0.482. The van der Waals surface area contributed by atoms with Crippen molar-refractivity contribution in [3.63, 3.8) is 0 Å². The molecule has 11 heavy (non-hydrogen) atoms. The van der Waals surface area contributed by atoms with Crippen molar-refractivity contribution in [3.05, 3.63) is 0 Å². The highest BCUT2D eigenvalue weighted by molar-refractivity contribution is 4.69. The fourth-order valence-corrected chi connectivity index (χ4v) is 1.71. The Morgan fingerprint density at radius 2 is 1.27 bits per heavy atom. The summed E-state index contributed by atoms with van der Waals surface area (Å²) in [6, 6.07) is 0. The van der Waals surface area contributed by atoms with Gasteiger partial charge in [-0.25, -0.2) is 0 Å². The van der Waals surface area contributed by atoms with Crippen molar-refractivity contribution in [2.24, 2.45) is 0 Å². The summed E-state index contributed by atoms with van der Waals surface area (Å²) in [5.74, 6) is 0. The second kappa shape index (κ2) is 4.73. The van der Waals surface area contributed by atoms with Gasteiger partial charge in [-0.15, -0.1) is 0 Å². The molecule has 1 aliphatic carbocycles. The maximum absolute atomic E-state index is 5.31. The highest BCUT2D eigenvalue weighted by atomic mass is 16.5. The lowest BCUT2D eigenvalue weighted by Gasteiger charge is -2.12. The first-order valence-corrected chi connectivity index (χ1v) is 4.42. The molecule has 2 heteroatoms. The summed E-state index contributed by atoms with van der Waals surface area (Å²) in [7, 11) is 3.61. The van der Waals surface area contributed by atoms with Crippen LogP contribution in [0.15, 0.2) is 0 Å². The van der Waals surface area contributed by atoms with E-state index in [0.29, 0.717) is 12.2 Å². The van der Waals surface area contributed by atoms with Crippen LogP contribution in [0, 0.1) is 0 Å². The van der Waals surface area contributed by atoms with Crippen LogP contribution in [-0.4, -0.2) is 26.4 Å². The molecule has 0 heterocycles. The molecular formula is C9H18O2. The van der Waals surface area contributed by atoms with Crippen LogP contribution >= 0.6 is 0 Å². The molecule has 0 N–H and O–H groups in total. The van der Waals surface area contributed by atoms with E-state index in [1.165, 1.54) is 19.3 Å². The molecule has 66 valence electrons. The Morgan fingerprint density at radius 1 is 0.818 bits per heavy atom. The van der Waals surface area contributed by atoms with E-state index in [-0.39, 0.29) is 0 Å². The third-order valence-electron chi connectivity index (χ3n) is 2.53. The predicted molar refractivity (Wildman–Crippen MR) is 44.7 cm³/mol. The Hall–Kier alpha value is -0.0800. The van der Waals surface area contributed by atoms with E-state index in [9.17, 15) is 0 Å². The molecule has 0 aromatic heterocycles. The van der Waals surface area contributed by atoms with Crippen molar-refractivity contribution < 1.29 is 9.47 Å². The van der Waals surface area contributed by atoms with Crippen LogP contribution in [-0.2, 0) is 9.47 Å². The van der Waals surface area contributed by atoms with Crippen LogP contribution in [0.1, 0.15) is 32.1 Å². The van der Waals surface area contributed by atoms with E-state index >= 15 is 0 Å². The standard InChI is InChI=1S/C9H18O2/c1-10-8-4-3-5-9(11-2)7-6-8/h8-9H,3-7H2,1-2H3/t8-,9+. The molecule has 1 saturated carbocycles. The van der Waals surface area contributed by atoms with E-state index < -0.39 is 0 Å². The average molecular weight is 158 g/mol. The molecule has 0 bridgehead atoms. The van der Waals surface area contributed by atoms with E-state index in [4.69, 9.17) is 9.47 Å². The molecule has 2 atom stereocenters. The second-order valence-electron chi connectivity index (χ2n) is 3.22. The highest BCUT2D eigenvalue weighted by Crippen LogP contribution is 2.21. The summed E-state index contributed by atoms with van der Waals surface area (Å²) >= 11 is 0. The molecule has 0 radical (unpaired) electrons. The lowest BCUT2D eigenvalue weighted by molar-refractivity contribution is 0.0696. The monoisotopic (exact) mass is 158 g/mol. The zero-order valence-corrected chi connectivity index (χ0v) is 7.51. The summed E-state index contributed by atoms with van der Waals surface area (Å²) in [6.07, 6.45) is 6.94. The average Bonchev–Trinajstić information content (AvgIpc) is 2.28. The van der Waals surface area contributed by atoms with E-state index in [1.54, 1.807) is 14.2 Å². The Balaban J connectivity index is 2.27. The van der Waals surface area contributed by atoms with Crippen LogP contribution < -0.4 is 0 Å². The molecule has 0 aromatic carbocycles. The smallest absolute Gasteiger partial charge is 0.0572 e. The normalized spacial score (nSPS) is 33.3. The zero-order valence-electron chi connectivity index (χ0n) is 7.51. The maximum Gasteiger partial charge on any atom is 0.0572 e. The third-order valence-corrected chi connectivity index (χ3v) is 2.53. The molecular weight excluding hydrogens is 140 g/mol. The largest absolute Gasteiger partial charge is 0.381 e. The van der Waals surface area contributed by atoms with Gasteiger partial charge in [-0.05, 0) is 32.1 Å². The quantitative estimate of drug-likeness (QED) is 0.572. The predicted octanol–water partition coefficient (Wildman–Crippen LogP) is 1.98. The summed E-state index contributed by atoms with van der Waals surface area (Å²) in [5.41, 5.74) is 0.